The van der Waals surface area contributed by atoms with Gasteiger partial charge < -0.3 is 4.42 Å². The van der Waals surface area contributed by atoms with Gasteiger partial charge in [-0.1, -0.05) is 16.7 Å². The largest absolute Gasteiger partial charge is 0.403 e. The predicted octanol–water partition coefficient (Wildman–Crippen LogP) is 2.98. The van der Waals surface area contributed by atoms with Gasteiger partial charge in [0, 0.05) is 29.4 Å². The number of carbonyl (C=O) groups is 1. The number of halogens is 2. The lowest BCUT2D eigenvalue weighted by Gasteiger charge is -2.09. The lowest BCUT2D eigenvalue weighted by molar-refractivity contribution is -0.117. The minimum absolute atomic E-state index is 0.0399. The van der Waals surface area contributed by atoms with E-state index in [4.69, 9.17) is 27.6 Å². The molecule has 1 aromatic carbocycles. The molecule has 0 saturated carbocycles. The summed E-state index contributed by atoms with van der Waals surface area (Å²) >= 11 is 11.6. The maximum absolute atomic E-state index is 11.9. The zero-order chi connectivity index (χ0) is 14.1. The van der Waals surface area contributed by atoms with Gasteiger partial charge >= 0.3 is 6.01 Å². The SMILES string of the molecule is O=C1CC(CCl)CN1c1nnc(-c2ccc(Cl)cc2)o1. The molecule has 1 aliphatic rings. The van der Waals surface area contributed by atoms with Crippen LogP contribution in [0.2, 0.25) is 5.02 Å². The van der Waals surface area contributed by atoms with Crippen molar-refractivity contribution in [1.82, 2.24) is 10.2 Å². The molecule has 1 aliphatic heterocycles. The highest BCUT2D eigenvalue weighted by atomic mass is 35.5. The summed E-state index contributed by atoms with van der Waals surface area (Å²) in [5.74, 6) is 0.899. The van der Waals surface area contributed by atoms with Gasteiger partial charge in [0.15, 0.2) is 0 Å². The molecular formula is C13H11Cl2N3O2. The zero-order valence-corrected chi connectivity index (χ0v) is 11.9. The maximum Gasteiger partial charge on any atom is 0.325 e. The van der Waals surface area contributed by atoms with Crippen molar-refractivity contribution in [3.05, 3.63) is 29.3 Å². The summed E-state index contributed by atoms with van der Waals surface area (Å²) in [5.41, 5.74) is 0.758. The molecule has 1 aromatic heterocycles. The number of alkyl halides is 1. The summed E-state index contributed by atoms with van der Waals surface area (Å²) in [5, 5.41) is 8.52. The monoisotopic (exact) mass is 311 g/mol. The number of benzene rings is 1. The van der Waals surface area contributed by atoms with Crippen LogP contribution in [0, 0.1) is 5.92 Å². The average Bonchev–Trinajstić information content (AvgIpc) is 3.06. The second kappa shape index (κ2) is 5.42. The topological polar surface area (TPSA) is 59.2 Å². The van der Waals surface area contributed by atoms with Crippen LogP contribution in [0.5, 0.6) is 0 Å². The smallest absolute Gasteiger partial charge is 0.325 e. The quantitative estimate of drug-likeness (QED) is 0.818. The van der Waals surface area contributed by atoms with Crippen LogP contribution in [0.1, 0.15) is 6.42 Å². The third-order valence-electron chi connectivity index (χ3n) is 3.16. The van der Waals surface area contributed by atoms with Gasteiger partial charge in [-0.25, -0.2) is 0 Å². The first-order chi connectivity index (χ1) is 9.67. The number of hydrogen-bond acceptors (Lipinski definition) is 4. The second-order valence-corrected chi connectivity index (χ2v) is 5.37. The lowest BCUT2D eigenvalue weighted by Crippen LogP contribution is -2.24. The fourth-order valence-electron chi connectivity index (χ4n) is 2.10. The molecule has 7 heteroatoms. The van der Waals surface area contributed by atoms with E-state index in [-0.39, 0.29) is 17.8 Å². The number of carbonyl (C=O) groups excluding carboxylic acids is 1. The van der Waals surface area contributed by atoms with Gasteiger partial charge in [-0.2, -0.15) is 0 Å². The van der Waals surface area contributed by atoms with Crippen LogP contribution in [0.25, 0.3) is 11.5 Å². The van der Waals surface area contributed by atoms with E-state index in [1.165, 1.54) is 4.90 Å². The van der Waals surface area contributed by atoms with Crippen LogP contribution >= 0.6 is 23.2 Å². The Bertz CT molecular complexity index is 627. The number of amides is 1. The molecule has 0 aliphatic carbocycles. The molecule has 104 valence electrons. The van der Waals surface area contributed by atoms with Crippen LogP contribution in [0.15, 0.2) is 28.7 Å². The summed E-state index contributed by atoms with van der Waals surface area (Å²) in [6.45, 7) is 0.518. The summed E-state index contributed by atoms with van der Waals surface area (Å²) < 4.78 is 5.55. The lowest BCUT2D eigenvalue weighted by atomic mass is 10.2. The molecule has 0 spiro atoms. The third kappa shape index (κ3) is 2.51. The highest BCUT2D eigenvalue weighted by Crippen LogP contribution is 2.28. The molecule has 20 heavy (non-hydrogen) atoms. The molecule has 1 saturated heterocycles. The van der Waals surface area contributed by atoms with Crippen LogP contribution < -0.4 is 4.90 Å². The number of anilines is 1. The summed E-state index contributed by atoms with van der Waals surface area (Å²) in [6, 6.07) is 7.27. The van der Waals surface area contributed by atoms with E-state index in [0.29, 0.717) is 29.8 Å². The number of nitrogens with zero attached hydrogens (tertiary/aromatic N) is 3. The first kappa shape index (κ1) is 13.4. The van der Waals surface area contributed by atoms with E-state index in [1.807, 2.05) is 0 Å². The minimum atomic E-state index is -0.0399. The van der Waals surface area contributed by atoms with Gasteiger partial charge in [0.2, 0.25) is 11.8 Å². The van der Waals surface area contributed by atoms with Gasteiger partial charge in [-0.3, -0.25) is 9.69 Å². The molecule has 3 rings (SSSR count). The second-order valence-electron chi connectivity index (χ2n) is 4.63. The van der Waals surface area contributed by atoms with Crippen molar-refractivity contribution in [1.29, 1.82) is 0 Å². The van der Waals surface area contributed by atoms with E-state index in [2.05, 4.69) is 10.2 Å². The molecule has 0 bridgehead atoms. The molecule has 0 radical (unpaired) electrons. The first-order valence-electron chi connectivity index (χ1n) is 6.13. The number of rotatable bonds is 3. The highest BCUT2D eigenvalue weighted by Gasteiger charge is 2.33. The van der Waals surface area contributed by atoms with E-state index in [1.54, 1.807) is 24.3 Å². The molecule has 0 N–H and O–H groups in total. The molecule has 2 aromatic rings. The van der Waals surface area contributed by atoms with E-state index < -0.39 is 0 Å². The minimum Gasteiger partial charge on any atom is -0.403 e. The fourth-order valence-corrected chi connectivity index (χ4v) is 2.44. The van der Waals surface area contributed by atoms with Crippen molar-refractivity contribution in [2.45, 2.75) is 6.42 Å². The van der Waals surface area contributed by atoms with Crippen molar-refractivity contribution < 1.29 is 9.21 Å². The van der Waals surface area contributed by atoms with E-state index in [0.717, 1.165) is 5.56 Å². The molecule has 5 nitrogen and oxygen atoms in total. The molecule has 2 heterocycles. The standard InChI is InChI=1S/C13H11Cl2N3O2/c14-6-8-5-11(19)18(7-8)13-17-16-12(20-13)9-1-3-10(15)4-2-9/h1-4,8H,5-7H2. The highest BCUT2D eigenvalue weighted by molar-refractivity contribution is 6.30. The van der Waals surface area contributed by atoms with Gasteiger partial charge in [-0.15, -0.1) is 16.7 Å². The first-order valence-corrected chi connectivity index (χ1v) is 7.04. The Kier molecular flexibility index (Phi) is 3.63. The molecule has 1 fully saturated rings. The van der Waals surface area contributed by atoms with Gasteiger partial charge in [0.1, 0.15) is 0 Å². The number of aromatic nitrogens is 2. The number of hydrogen-bond donors (Lipinski definition) is 0. The van der Waals surface area contributed by atoms with Crippen molar-refractivity contribution in [3.63, 3.8) is 0 Å². The Morgan fingerprint density at radius 3 is 2.70 bits per heavy atom. The molecule has 1 unspecified atom stereocenters. The average molecular weight is 312 g/mol. The molecule has 1 amide bonds. The van der Waals surface area contributed by atoms with Crippen molar-refractivity contribution in [2.75, 3.05) is 17.3 Å². The van der Waals surface area contributed by atoms with Crippen LogP contribution in [0.4, 0.5) is 6.01 Å². The van der Waals surface area contributed by atoms with Crippen LogP contribution in [-0.2, 0) is 4.79 Å². The zero-order valence-electron chi connectivity index (χ0n) is 10.4. The van der Waals surface area contributed by atoms with Crippen LogP contribution in [0.3, 0.4) is 0 Å². The Morgan fingerprint density at radius 2 is 2.05 bits per heavy atom. The van der Waals surface area contributed by atoms with Crippen LogP contribution in [-0.4, -0.2) is 28.5 Å². The Morgan fingerprint density at radius 1 is 1.30 bits per heavy atom. The van der Waals surface area contributed by atoms with Crippen molar-refractivity contribution >= 4 is 35.1 Å². The summed E-state index contributed by atoms with van der Waals surface area (Å²) in [7, 11) is 0. The van der Waals surface area contributed by atoms with Crippen molar-refractivity contribution in [3.8, 4) is 11.5 Å². The van der Waals surface area contributed by atoms with E-state index in [9.17, 15) is 4.79 Å². The van der Waals surface area contributed by atoms with Crippen molar-refractivity contribution in [2.24, 2.45) is 5.92 Å². The van der Waals surface area contributed by atoms with Gasteiger partial charge in [0.05, 0.1) is 0 Å². The van der Waals surface area contributed by atoms with Gasteiger partial charge in [0.25, 0.3) is 0 Å². The maximum atomic E-state index is 11.9. The Labute approximate surface area is 125 Å². The van der Waals surface area contributed by atoms with Gasteiger partial charge in [-0.05, 0) is 30.2 Å². The normalized spacial score (nSPS) is 18.8. The fraction of sp³-hybridized carbons (Fsp3) is 0.308. The molecular weight excluding hydrogens is 301 g/mol. The molecule has 1 atom stereocenters. The van der Waals surface area contributed by atoms with E-state index >= 15 is 0 Å². The Balaban J connectivity index is 1.83. The predicted molar refractivity (Wildman–Crippen MR) is 75.9 cm³/mol. The summed E-state index contributed by atoms with van der Waals surface area (Å²) in [4.78, 5) is 13.3. The Hall–Kier alpha value is -1.59. The third-order valence-corrected chi connectivity index (χ3v) is 3.85. The summed E-state index contributed by atoms with van der Waals surface area (Å²) in [6.07, 6.45) is 0.419.